The summed E-state index contributed by atoms with van der Waals surface area (Å²) in [6.07, 6.45) is -2.39. The first-order valence-electron chi connectivity index (χ1n) is 5.41. The van der Waals surface area contributed by atoms with Gasteiger partial charge in [-0.2, -0.15) is 0 Å². The van der Waals surface area contributed by atoms with Crippen molar-refractivity contribution in [2.45, 2.75) is 12.5 Å². The van der Waals surface area contributed by atoms with Crippen molar-refractivity contribution < 1.29 is 13.2 Å². The van der Waals surface area contributed by atoms with E-state index in [-0.39, 0.29) is 19.1 Å². The van der Waals surface area contributed by atoms with Crippen molar-refractivity contribution in [1.29, 1.82) is 0 Å². The number of nitrogens with one attached hydrogen (secondary N) is 1. The third-order valence-corrected chi connectivity index (χ3v) is 2.54. The molecule has 17 heavy (non-hydrogen) atoms. The van der Waals surface area contributed by atoms with E-state index in [1.54, 1.807) is 0 Å². The first-order valence-corrected chi connectivity index (χ1v) is 5.41. The van der Waals surface area contributed by atoms with Gasteiger partial charge in [-0.05, 0) is 12.1 Å². The lowest BCUT2D eigenvalue weighted by Crippen LogP contribution is -2.31. The number of hydrogen-bond acceptors (Lipinski definition) is 3. The Bertz CT molecular complexity index is 451. The quantitative estimate of drug-likeness (QED) is 0.843. The van der Waals surface area contributed by atoms with E-state index in [1.165, 1.54) is 0 Å². The highest BCUT2D eigenvalue weighted by atomic mass is 19.3. The number of furan rings is 1. The van der Waals surface area contributed by atoms with E-state index in [2.05, 4.69) is 5.32 Å². The first-order chi connectivity index (χ1) is 8.20. The Labute approximate surface area is 97.6 Å². The summed E-state index contributed by atoms with van der Waals surface area (Å²) in [5.41, 5.74) is 6.28. The van der Waals surface area contributed by atoms with Gasteiger partial charge in [-0.3, -0.25) is 0 Å². The van der Waals surface area contributed by atoms with Crippen molar-refractivity contribution in [2.24, 2.45) is 5.73 Å². The van der Waals surface area contributed by atoms with Crippen LogP contribution in [0.25, 0.3) is 11.0 Å². The maximum absolute atomic E-state index is 12.1. The largest absolute Gasteiger partial charge is 0.459 e. The van der Waals surface area contributed by atoms with Gasteiger partial charge in [-0.15, -0.1) is 0 Å². The molecule has 92 valence electrons. The predicted molar refractivity (Wildman–Crippen MR) is 62.0 cm³/mol. The van der Waals surface area contributed by atoms with E-state index in [1.807, 2.05) is 30.3 Å². The molecule has 0 amide bonds. The SMILES string of the molecule is NCC(NCC(F)F)c1cc2ccccc2o1. The number of benzene rings is 1. The molecule has 2 aromatic rings. The number of para-hydroxylation sites is 1. The average molecular weight is 240 g/mol. The third kappa shape index (κ3) is 2.81. The topological polar surface area (TPSA) is 51.2 Å². The van der Waals surface area contributed by atoms with Crippen molar-refractivity contribution in [3.8, 4) is 0 Å². The Balaban J connectivity index is 2.18. The molecule has 0 saturated carbocycles. The van der Waals surface area contributed by atoms with Crippen molar-refractivity contribution in [1.82, 2.24) is 5.32 Å². The Kier molecular flexibility index (Phi) is 3.71. The standard InChI is InChI=1S/C12H14F2N2O/c13-12(14)7-16-9(6-15)11-5-8-3-1-2-4-10(8)17-11/h1-5,9,12,16H,6-7,15H2. The second-order valence-electron chi connectivity index (χ2n) is 3.77. The van der Waals surface area contributed by atoms with E-state index >= 15 is 0 Å². The van der Waals surface area contributed by atoms with Crippen molar-refractivity contribution in [2.75, 3.05) is 13.1 Å². The molecule has 0 bridgehead atoms. The first kappa shape index (κ1) is 12.0. The number of rotatable bonds is 5. The van der Waals surface area contributed by atoms with Crippen molar-refractivity contribution >= 4 is 11.0 Å². The van der Waals surface area contributed by atoms with Crippen LogP contribution in [0.1, 0.15) is 11.8 Å². The van der Waals surface area contributed by atoms with Crippen molar-refractivity contribution in [3.05, 3.63) is 36.1 Å². The Morgan fingerprint density at radius 2 is 2.06 bits per heavy atom. The van der Waals surface area contributed by atoms with Crippen LogP contribution in [0.5, 0.6) is 0 Å². The van der Waals surface area contributed by atoms with Gasteiger partial charge in [0.2, 0.25) is 0 Å². The highest BCUT2D eigenvalue weighted by Crippen LogP contribution is 2.23. The smallest absolute Gasteiger partial charge is 0.250 e. The molecule has 5 heteroatoms. The summed E-state index contributed by atoms with van der Waals surface area (Å²) in [4.78, 5) is 0. The molecular weight excluding hydrogens is 226 g/mol. The zero-order valence-electron chi connectivity index (χ0n) is 9.20. The van der Waals surface area contributed by atoms with Gasteiger partial charge < -0.3 is 15.5 Å². The molecule has 0 aliphatic heterocycles. The van der Waals surface area contributed by atoms with Crippen LogP contribution in [-0.4, -0.2) is 19.5 Å². The van der Waals surface area contributed by atoms with Crippen LogP contribution in [0.2, 0.25) is 0 Å². The van der Waals surface area contributed by atoms with Crippen LogP contribution in [-0.2, 0) is 0 Å². The highest BCUT2D eigenvalue weighted by molar-refractivity contribution is 5.77. The second-order valence-corrected chi connectivity index (χ2v) is 3.77. The van der Waals surface area contributed by atoms with Crippen LogP contribution in [0.4, 0.5) is 8.78 Å². The zero-order valence-corrected chi connectivity index (χ0v) is 9.20. The maximum Gasteiger partial charge on any atom is 0.250 e. The van der Waals surface area contributed by atoms with Crippen LogP contribution in [0, 0.1) is 0 Å². The van der Waals surface area contributed by atoms with Crippen LogP contribution >= 0.6 is 0 Å². The minimum absolute atomic E-state index is 0.215. The lowest BCUT2D eigenvalue weighted by molar-refractivity contribution is 0.140. The second kappa shape index (κ2) is 5.25. The number of nitrogens with two attached hydrogens (primary N) is 1. The molecule has 1 heterocycles. The van der Waals surface area contributed by atoms with Gasteiger partial charge in [0.15, 0.2) is 0 Å². The normalized spacial score (nSPS) is 13.4. The molecule has 3 N–H and O–H groups in total. The Morgan fingerprint density at radius 1 is 1.29 bits per heavy atom. The van der Waals surface area contributed by atoms with Gasteiger partial charge in [-0.25, -0.2) is 8.78 Å². The summed E-state index contributed by atoms with van der Waals surface area (Å²) >= 11 is 0. The minimum Gasteiger partial charge on any atom is -0.459 e. The number of fused-ring (bicyclic) bond motifs is 1. The van der Waals surface area contributed by atoms with Crippen LogP contribution < -0.4 is 11.1 Å². The lowest BCUT2D eigenvalue weighted by Gasteiger charge is -2.13. The Morgan fingerprint density at radius 3 is 2.71 bits per heavy atom. The fourth-order valence-corrected chi connectivity index (χ4v) is 1.71. The molecule has 1 atom stereocenters. The fraction of sp³-hybridized carbons (Fsp3) is 0.333. The fourth-order valence-electron chi connectivity index (χ4n) is 1.71. The Hall–Kier alpha value is -1.46. The van der Waals surface area contributed by atoms with Gasteiger partial charge in [0.05, 0.1) is 12.6 Å². The predicted octanol–water partition coefficient (Wildman–Crippen LogP) is 2.29. The molecule has 0 radical (unpaired) electrons. The molecular formula is C12H14F2N2O. The number of halogens is 2. The maximum atomic E-state index is 12.1. The summed E-state index contributed by atoms with van der Waals surface area (Å²) in [5.74, 6) is 0.592. The van der Waals surface area contributed by atoms with E-state index < -0.39 is 6.43 Å². The molecule has 0 fully saturated rings. The number of hydrogen-bond donors (Lipinski definition) is 2. The van der Waals surface area contributed by atoms with E-state index in [4.69, 9.17) is 10.2 Å². The molecule has 1 aromatic heterocycles. The summed E-state index contributed by atoms with van der Waals surface area (Å²) in [6, 6.07) is 8.94. The monoisotopic (exact) mass is 240 g/mol. The van der Waals surface area contributed by atoms with Gasteiger partial charge >= 0.3 is 0 Å². The number of alkyl halides is 2. The third-order valence-electron chi connectivity index (χ3n) is 2.54. The summed E-state index contributed by atoms with van der Waals surface area (Å²) in [7, 11) is 0. The molecule has 0 aliphatic rings. The van der Waals surface area contributed by atoms with Gasteiger partial charge in [0, 0.05) is 11.9 Å². The zero-order chi connectivity index (χ0) is 12.3. The molecule has 0 saturated heterocycles. The summed E-state index contributed by atoms with van der Waals surface area (Å²) < 4.78 is 29.8. The minimum atomic E-state index is -2.39. The molecule has 2 rings (SSSR count). The average Bonchev–Trinajstić information content (AvgIpc) is 2.72. The van der Waals surface area contributed by atoms with E-state index in [0.29, 0.717) is 5.76 Å². The van der Waals surface area contributed by atoms with Crippen molar-refractivity contribution in [3.63, 3.8) is 0 Å². The van der Waals surface area contributed by atoms with Crippen LogP contribution in [0.3, 0.4) is 0 Å². The molecule has 3 nitrogen and oxygen atoms in total. The molecule has 0 aliphatic carbocycles. The summed E-state index contributed by atoms with van der Waals surface area (Å²) in [5, 5.41) is 3.62. The molecule has 1 aromatic carbocycles. The van der Waals surface area contributed by atoms with E-state index in [9.17, 15) is 8.78 Å². The van der Waals surface area contributed by atoms with Crippen LogP contribution in [0.15, 0.2) is 34.7 Å². The highest BCUT2D eigenvalue weighted by Gasteiger charge is 2.15. The summed E-state index contributed by atoms with van der Waals surface area (Å²) in [6.45, 7) is -0.175. The van der Waals surface area contributed by atoms with Gasteiger partial charge in [0.25, 0.3) is 6.43 Å². The van der Waals surface area contributed by atoms with Gasteiger partial charge in [-0.1, -0.05) is 18.2 Å². The van der Waals surface area contributed by atoms with Gasteiger partial charge in [0.1, 0.15) is 11.3 Å². The van der Waals surface area contributed by atoms with E-state index in [0.717, 1.165) is 11.0 Å². The molecule has 0 spiro atoms. The molecule has 1 unspecified atom stereocenters. The lowest BCUT2D eigenvalue weighted by atomic mass is 10.2.